The zero-order valence-corrected chi connectivity index (χ0v) is 8.24. The van der Waals surface area contributed by atoms with E-state index in [9.17, 15) is 9.90 Å². The van der Waals surface area contributed by atoms with Crippen LogP contribution < -0.4 is 5.32 Å². The Balaban J connectivity index is 2.46. The molecule has 0 fully saturated rings. The van der Waals surface area contributed by atoms with E-state index in [2.05, 4.69) is 5.32 Å². The third-order valence-corrected chi connectivity index (χ3v) is 2.68. The summed E-state index contributed by atoms with van der Waals surface area (Å²) in [6, 6.07) is 5.57. The molecule has 1 amide bonds. The van der Waals surface area contributed by atoms with Crippen LogP contribution in [0.15, 0.2) is 18.2 Å². The molecule has 1 aromatic rings. The van der Waals surface area contributed by atoms with Gasteiger partial charge in [-0.25, -0.2) is 0 Å². The number of nitrogens with one attached hydrogen (secondary N) is 1. The SMILES string of the molecule is CC(O)c1ccc2c(c1)C(C)C(=O)N2. The van der Waals surface area contributed by atoms with E-state index in [1.807, 2.05) is 25.1 Å². The molecule has 2 unspecified atom stereocenters. The Morgan fingerprint density at radius 2 is 2.21 bits per heavy atom. The summed E-state index contributed by atoms with van der Waals surface area (Å²) in [4.78, 5) is 11.3. The van der Waals surface area contributed by atoms with Crippen molar-refractivity contribution in [1.82, 2.24) is 0 Å². The fourth-order valence-electron chi connectivity index (χ4n) is 1.70. The lowest BCUT2D eigenvalue weighted by Crippen LogP contribution is -2.08. The minimum absolute atomic E-state index is 0.0303. The van der Waals surface area contributed by atoms with E-state index < -0.39 is 6.10 Å². The van der Waals surface area contributed by atoms with E-state index in [-0.39, 0.29) is 11.8 Å². The predicted molar refractivity (Wildman–Crippen MR) is 54.1 cm³/mol. The van der Waals surface area contributed by atoms with Crippen LogP contribution >= 0.6 is 0 Å². The second-order valence-corrected chi connectivity index (χ2v) is 3.73. The largest absolute Gasteiger partial charge is 0.389 e. The minimum atomic E-state index is -0.483. The van der Waals surface area contributed by atoms with Gasteiger partial charge in [-0.1, -0.05) is 12.1 Å². The van der Waals surface area contributed by atoms with E-state index in [1.54, 1.807) is 6.92 Å². The molecule has 0 radical (unpaired) electrons. The van der Waals surface area contributed by atoms with Crippen molar-refractivity contribution in [2.24, 2.45) is 0 Å². The molecule has 1 aromatic carbocycles. The molecule has 0 aromatic heterocycles. The average molecular weight is 191 g/mol. The lowest BCUT2D eigenvalue weighted by Gasteiger charge is -2.07. The van der Waals surface area contributed by atoms with Gasteiger partial charge in [0.2, 0.25) is 5.91 Å². The number of rotatable bonds is 1. The molecular formula is C11H13NO2. The Kier molecular flexibility index (Phi) is 2.04. The van der Waals surface area contributed by atoms with Crippen molar-refractivity contribution < 1.29 is 9.90 Å². The summed E-state index contributed by atoms with van der Waals surface area (Å²) < 4.78 is 0. The van der Waals surface area contributed by atoms with Gasteiger partial charge in [0.15, 0.2) is 0 Å². The molecule has 0 aliphatic carbocycles. The fraction of sp³-hybridized carbons (Fsp3) is 0.364. The number of anilines is 1. The summed E-state index contributed by atoms with van der Waals surface area (Å²) in [7, 11) is 0. The van der Waals surface area contributed by atoms with Crippen LogP contribution in [-0.2, 0) is 4.79 Å². The molecular weight excluding hydrogens is 178 g/mol. The van der Waals surface area contributed by atoms with Crippen molar-refractivity contribution >= 4 is 11.6 Å². The van der Waals surface area contributed by atoms with Gasteiger partial charge in [0.1, 0.15) is 0 Å². The average Bonchev–Trinajstić information content (AvgIpc) is 2.43. The van der Waals surface area contributed by atoms with Gasteiger partial charge in [0.25, 0.3) is 0 Å². The van der Waals surface area contributed by atoms with Gasteiger partial charge in [0, 0.05) is 5.69 Å². The highest BCUT2D eigenvalue weighted by atomic mass is 16.3. The number of benzene rings is 1. The van der Waals surface area contributed by atoms with E-state index in [4.69, 9.17) is 0 Å². The highest BCUT2D eigenvalue weighted by Gasteiger charge is 2.26. The van der Waals surface area contributed by atoms with Crippen LogP contribution in [0, 0.1) is 0 Å². The first kappa shape index (κ1) is 9.21. The van der Waals surface area contributed by atoms with Crippen LogP contribution in [0.1, 0.15) is 37.0 Å². The van der Waals surface area contributed by atoms with Crippen LogP contribution in [0.25, 0.3) is 0 Å². The normalized spacial score (nSPS) is 21.6. The number of carbonyl (C=O) groups excluding carboxylic acids is 1. The van der Waals surface area contributed by atoms with E-state index >= 15 is 0 Å². The standard InChI is InChI=1S/C11H13NO2/c1-6-9-5-8(7(2)13)3-4-10(9)12-11(6)14/h3-7,13H,1-2H3,(H,12,14). The summed E-state index contributed by atoms with van der Waals surface area (Å²) in [5.74, 6) is -0.0774. The maximum atomic E-state index is 11.3. The highest BCUT2D eigenvalue weighted by molar-refractivity contribution is 6.02. The van der Waals surface area contributed by atoms with Crippen molar-refractivity contribution in [3.05, 3.63) is 29.3 Å². The summed E-state index contributed by atoms with van der Waals surface area (Å²) in [6.07, 6.45) is -0.483. The molecule has 2 rings (SSSR count). The van der Waals surface area contributed by atoms with Gasteiger partial charge in [-0.3, -0.25) is 4.79 Å². The fourth-order valence-corrected chi connectivity index (χ4v) is 1.70. The molecule has 0 saturated heterocycles. The molecule has 14 heavy (non-hydrogen) atoms. The second kappa shape index (κ2) is 3.10. The smallest absolute Gasteiger partial charge is 0.231 e. The van der Waals surface area contributed by atoms with Gasteiger partial charge < -0.3 is 10.4 Å². The second-order valence-electron chi connectivity index (χ2n) is 3.73. The zero-order chi connectivity index (χ0) is 10.3. The first-order valence-corrected chi connectivity index (χ1v) is 4.72. The molecule has 2 atom stereocenters. The predicted octanol–water partition coefficient (Wildman–Crippen LogP) is 1.80. The number of fused-ring (bicyclic) bond motifs is 1. The Hall–Kier alpha value is -1.35. The number of carbonyl (C=O) groups is 1. The highest BCUT2D eigenvalue weighted by Crippen LogP contribution is 2.33. The van der Waals surface area contributed by atoms with E-state index in [0.717, 1.165) is 16.8 Å². The van der Waals surface area contributed by atoms with Crippen LogP contribution in [0.3, 0.4) is 0 Å². The minimum Gasteiger partial charge on any atom is -0.389 e. The quantitative estimate of drug-likeness (QED) is 0.711. The van der Waals surface area contributed by atoms with Gasteiger partial charge in [-0.2, -0.15) is 0 Å². The molecule has 2 N–H and O–H groups in total. The number of aliphatic hydroxyl groups excluding tert-OH is 1. The van der Waals surface area contributed by atoms with E-state index in [0.29, 0.717) is 0 Å². The van der Waals surface area contributed by atoms with Crippen molar-refractivity contribution in [3.63, 3.8) is 0 Å². The molecule has 1 aliphatic rings. The van der Waals surface area contributed by atoms with Crippen molar-refractivity contribution in [3.8, 4) is 0 Å². The Labute approximate surface area is 82.8 Å². The lowest BCUT2D eigenvalue weighted by molar-refractivity contribution is -0.116. The summed E-state index contributed by atoms with van der Waals surface area (Å²) in [6.45, 7) is 3.59. The molecule has 3 nitrogen and oxygen atoms in total. The van der Waals surface area contributed by atoms with Crippen molar-refractivity contribution in [2.75, 3.05) is 5.32 Å². The van der Waals surface area contributed by atoms with Crippen molar-refractivity contribution in [2.45, 2.75) is 25.9 Å². The molecule has 0 spiro atoms. The molecule has 1 aliphatic heterocycles. The van der Waals surface area contributed by atoms with Gasteiger partial charge in [-0.15, -0.1) is 0 Å². The maximum Gasteiger partial charge on any atom is 0.231 e. The van der Waals surface area contributed by atoms with Gasteiger partial charge in [-0.05, 0) is 31.0 Å². The monoisotopic (exact) mass is 191 g/mol. The van der Waals surface area contributed by atoms with Crippen LogP contribution in [0.5, 0.6) is 0 Å². The first-order chi connectivity index (χ1) is 6.59. The zero-order valence-electron chi connectivity index (χ0n) is 8.24. The number of amides is 1. The summed E-state index contributed by atoms with van der Waals surface area (Å²) in [5.41, 5.74) is 2.70. The van der Waals surface area contributed by atoms with Crippen LogP contribution in [0.4, 0.5) is 5.69 Å². The molecule has 74 valence electrons. The molecule has 0 bridgehead atoms. The molecule has 0 saturated carbocycles. The third-order valence-electron chi connectivity index (χ3n) is 2.68. The Bertz CT molecular complexity index is 385. The van der Waals surface area contributed by atoms with Crippen LogP contribution in [-0.4, -0.2) is 11.0 Å². The first-order valence-electron chi connectivity index (χ1n) is 4.72. The van der Waals surface area contributed by atoms with Gasteiger partial charge in [0.05, 0.1) is 12.0 Å². The number of hydrogen-bond acceptors (Lipinski definition) is 2. The summed E-state index contributed by atoms with van der Waals surface area (Å²) in [5, 5.41) is 12.2. The third kappa shape index (κ3) is 1.30. The van der Waals surface area contributed by atoms with E-state index in [1.165, 1.54) is 0 Å². The van der Waals surface area contributed by atoms with Gasteiger partial charge >= 0.3 is 0 Å². The topological polar surface area (TPSA) is 49.3 Å². The lowest BCUT2D eigenvalue weighted by atomic mass is 9.99. The molecule has 3 heteroatoms. The Morgan fingerprint density at radius 1 is 1.50 bits per heavy atom. The molecule has 1 heterocycles. The summed E-state index contributed by atoms with van der Waals surface area (Å²) >= 11 is 0. The number of aliphatic hydroxyl groups is 1. The number of hydrogen-bond donors (Lipinski definition) is 2. The maximum absolute atomic E-state index is 11.3. The van der Waals surface area contributed by atoms with Crippen molar-refractivity contribution in [1.29, 1.82) is 0 Å². The Morgan fingerprint density at radius 3 is 2.86 bits per heavy atom. The van der Waals surface area contributed by atoms with Crippen LogP contribution in [0.2, 0.25) is 0 Å².